The Bertz CT molecular complexity index is 1080. The van der Waals surface area contributed by atoms with E-state index in [1.165, 1.54) is 4.90 Å². The molecule has 2 fully saturated rings. The van der Waals surface area contributed by atoms with Crippen molar-refractivity contribution >= 4 is 17.3 Å². The van der Waals surface area contributed by atoms with Crippen LogP contribution in [-0.4, -0.2) is 36.3 Å². The molecule has 1 aromatic carbocycles. The van der Waals surface area contributed by atoms with Gasteiger partial charge in [-0.3, -0.25) is 9.13 Å². The number of hydrogen-bond acceptors (Lipinski definition) is 3. The van der Waals surface area contributed by atoms with Crippen LogP contribution < -0.4 is 5.69 Å². The van der Waals surface area contributed by atoms with Crippen molar-refractivity contribution in [3.8, 4) is 0 Å². The Labute approximate surface area is 161 Å². The van der Waals surface area contributed by atoms with Crippen molar-refractivity contribution in [2.24, 2.45) is 0 Å². The van der Waals surface area contributed by atoms with Crippen LogP contribution in [0.5, 0.6) is 0 Å². The minimum Gasteiger partial charge on any atom is -0.465 e. The maximum absolute atomic E-state index is 13.1. The third kappa shape index (κ3) is 2.78. The number of carboxylic acid groups (broad SMARTS) is 1. The lowest BCUT2D eigenvalue weighted by atomic mass is 9.85. The number of pyridine rings is 1. The van der Waals surface area contributed by atoms with Gasteiger partial charge in [0.05, 0.1) is 5.52 Å². The SMILES string of the molecule is O=C(O)N(Cc1ccccc1)C1CC(n2c(=O)n(C3CC3)c3cccnc32)C1. The minimum atomic E-state index is -0.918. The number of aromatic nitrogens is 3. The number of nitrogens with zero attached hydrogens (tertiary/aromatic N) is 4. The lowest BCUT2D eigenvalue weighted by Crippen LogP contribution is -2.49. The van der Waals surface area contributed by atoms with Gasteiger partial charge in [-0.15, -0.1) is 0 Å². The first-order valence-corrected chi connectivity index (χ1v) is 9.74. The Kier molecular flexibility index (Phi) is 3.96. The van der Waals surface area contributed by atoms with E-state index < -0.39 is 6.09 Å². The van der Waals surface area contributed by atoms with E-state index in [4.69, 9.17) is 0 Å². The van der Waals surface area contributed by atoms with Crippen molar-refractivity contribution in [1.29, 1.82) is 0 Å². The van der Waals surface area contributed by atoms with E-state index in [1.54, 1.807) is 10.8 Å². The van der Waals surface area contributed by atoms with Crippen LogP contribution in [0.2, 0.25) is 0 Å². The largest absolute Gasteiger partial charge is 0.465 e. The summed E-state index contributed by atoms with van der Waals surface area (Å²) in [7, 11) is 0. The monoisotopic (exact) mass is 378 g/mol. The fraction of sp³-hybridized carbons (Fsp3) is 0.381. The Hall–Kier alpha value is -3.09. The van der Waals surface area contributed by atoms with Gasteiger partial charge in [0.2, 0.25) is 0 Å². The molecule has 0 bridgehead atoms. The second-order valence-corrected chi connectivity index (χ2v) is 7.78. The normalized spacial score (nSPS) is 21.4. The molecule has 28 heavy (non-hydrogen) atoms. The summed E-state index contributed by atoms with van der Waals surface area (Å²) in [6, 6.07) is 13.6. The lowest BCUT2D eigenvalue weighted by molar-refractivity contribution is 0.0682. The van der Waals surface area contributed by atoms with Crippen LogP contribution in [0.25, 0.3) is 11.2 Å². The maximum Gasteiger partial charge on any atom is 0.407 e. The molecule has 144 valence electrons. The highest BCUT2D eigenvalue weighted by Gasteiger charge is 2.40. The molecule has 1 amide bonds. The van der Waals surface area contributed by atoms with E-state index in [-0.39, 0.29) is 23.8 Å². The zero-order chi connectivity index (χ0) is 19.3. The molecule has 5 rings (SSSR count). The first kappa shape index (κ1) is 17.0. The van der Waals surface area contributed by atoms with Gasteiger partial charge in [-0.05, 0) is 43.4 Å². The summed E-state index contributed by atoms with van der Waals surface area (Å²) < 4.78 is 3.65. The van der Waals surface area contributed by atoms with Crippen molar-refractivity contribution < 1.29 is 9.90 Å². The molecule has 0 atom stereocenters. The average molecular weight is 378 g/mol. The van der Waals surface area contributed by atoms with Crippen molar-refractivity contribution in [3.05, 3.63) is 64.7 Å². The number of fused-ring (bicyclic) bond motifs is 1. The van der Waals surface area contributed by atoms with E-state index in [0.29, 0.717) is 25.0 Å². The van der Waals surface area contributed by atoms with Gasteiger partial charge in [0.25, 0.3) is 0 Å². The number of benzene rings is 1. The number of carbonyl (C=O) groups is 1. The Morgan fingerprint density at radius 2 is 1.82 bits per heavy atom. The predicted octanol–water partition coefficient (Wildman–Crippen LogP) is 3.42. The lowest BCUT2D eigenvalue weighted by Gasteiger charge is -2.41. The molecule has 2 aliphatic rings. The highest BCUT2D eigenvalue weighted by molar-refractivity contribution is 5.72. The van der Waals surface area contributed by atoms with Crippen molar-refractivity contribution in [3.63, 3.8) is 0 Å². The van der Waals surface area contributed by atoms with E-state index in [9.17, 15) is 14.7 Å². The average Bonchev–Trinajstić information content (AvgIpc) is 3.45. The third-order valence-electron chi connectivity index (χ3n) is 5.91. The van der Waals surface area contributed by atoms with E-state index in [2.05, 4.69) is 4.98 Å². The summed E-state index contributed by atoms with van der Waals surface area (Å²) in [5, 5.41) is 9.68. The van der Waals surface area contributed by atoms with E-state index in [1.807, 2.05) is 47.0 Å². The number of imidazole rings is 1. The Morgan fingerprint density at radius 1 is 1.07 bits per heavy atom. The molecule has 7 heteroatoms. The molecule has 2 saturated carbocycles. The highest BCUT2D eigenvalue weighted by atomic mass is 16.4. The summed E-state index contributed by atoms with van der Waals surface area (Å²) in [5.74, 6) is 0. The summed E-state index contributed by atoms with van der Waals surface area (Å²) in [6.07, 6.45) is 4.14. The van der Waals surface area contributed by atoms with Gasteiger partial charge in [-0.1, -0.05) is 30.3 Å². The van der Waals surface area contributed by atoms with Gasteiger partial charge in [-0.2, -0.15) is 0 Å². The zero-order valence-corrected chi connectivity index (χ0v) is 15.4. The number of rotatable bonds is 5. The number of amides is 1. The molecule has 2 aliphatic carbocycles. The van der Waals surface area contributed by atoms with Crippen molar-refractivity contribution in [2.75, 3.05) is 0 Å². The molecule has 0 spiro atoms. The molecule has 2 aromatic heterocycles. The van der Waals surface area contributed by atoms with Crippen LogP contribution >= 0.6 is 0 Å². The van der Waals surface area contributed by atoms with Gasteiger partial charge in [-0.25, -0.2) is 14.6 Å². The zero-order valence-electron chi connectivity index (χ0n) is 15.4. The van der Waals surface area contributed by atoms with Crippen LogP contribution in [0, 0.1) is 0 Å². The van der Waals surface area contributed by atoms with Crippen LogP contribution in [0.4, 0.5) is 4.79 Å². The molecule has 3 aromatic rings. The highest BCUT2D eigenvalue weighted by Crippen LogP contribution is 2.40. The summed E-state index contributed by atoms with van der Waals surface area (Å²) >= 11 is 0. The summed E-state index contributed by atoms with van der Waals surface area (Å²) in [5.41, 5.74) is 2.56. The van der Waals surface area contributed by atoms with Gasteiger partial charge < -0.3 is 10.0 Å². The van der Waals surface area contributed by atoms with Crippen LogP contribution in [0.15, 0.2) is 53.5 Å². The van der Waals surface area contributed by atoms with Gasteiger partial charge in [0.1, 0.15) is 0 Å². The van der Waals surface area contributed by atoms with Gasteiger partial charge in [0, 0.05) is 30.9 Å². The second-order valence-electron chi connectivity index (χ2n) is 7.78. The van der Waals surface area contributed by atoms with Crippen molar-refractivity contribution in [1.82, 2.24) is 19.0 Å². The number of hydrogen-bond donors (Lipinski definition) is 1. The van der Waals surface area contributed by atoms with Crippen LogP contribution in [-0.2, 0) is 6.54 Å². The smallest absolute Gasteiger partial charge is 0.407 e. The molecule has 7 nitrogen and oxygen atoms in total. The van der Waals surface area contributed by atoms with Crippen LogP contribution in [0.3, 0.4) is 0 Å². The maximum atomic E-state index is 13.1. The van der Waals surface area contributed by atoms with Crippen LogP contribution in [0.1, 0.15) is 43.3 Å². The predicted molar refractivity (Wildman–Crippen MR) is 104 cm³/mol. The van der Waals surface area contributed by atoms with Gasteiger partial charge in [0.15, 0.2) is 5.65 Å². The second kappa shape index (κ2) is 6.51. The first-order chi connectivity index (χ1) is 13.6. The summed E-state index contributed by atoms with van der Waals surface area (Å²) in [4.78, 5) is 30.8. The standard InChI is InChI=1S/C21H22N4O3/c26-20-24(15-8-9-15)18-7-4-10-22-19(18)25(20)17-11-16(12-17)23(21(27)28)13-14-5-2-1-3-6-14/h1-7,10,15-17H,8-9,11-13H2,(H,27,28). The summed E-state index contributed by atoms with van der Waals surface area (Å²) in [6.45, 7) is 0.366. The molecular weight excluding hydrogens is 356 g/mol. The topological polar surface area (TPSA) is 80.4 Å². The Morgan fingerprint density at radius 3 is 2.50 bits per heavy atom. The minimum absolute atomic E-state index is 0.00692. The fourth-order valence-electron chi connectivity index (χ4n) is 4.24. The molecule has 0 saturated heterocycles. The third-order valence-corrected chi connectivity index (χ3v) is 5.91. The Balaban J connectivity index is 1.40. The van der Waals surface area contributed by atoms with E-state index >= 15 is 0 Å². The van der Waals surface area contributed by atoms with Crippen molar-refractivity contribution in [2.45, 2.75) is 50.4 Å². The van der Waals surface area contributed by atoms with E-state index in [0.717, 1.165) is 23.9 Å². The molecule has 2 heterocycles. The quantitative estimate of drug-likeness (QED) is 0.738. The molecular formula is C21H22N4O3. The van der Waals surface area contributed by atoms with Gasteiger partial charge >= 0.3 is 11.8 Å². The molecule has 0 aliphatic heterocycles. The molecule has 0 unspecified atom stereocenters. The first-order valence-electron chi connectivity index (χ1n) is 9.74. The molecule has 1 N–H and O–H groups in total. The fourth-order valence-corrected chi connectivity index (χ4v) is 4.24. The molecule has 0 radical (unpaired) electrons.